The van der Waals surface area contributed by atoms with E-state index in [0.29, 0.717) is 25.3 Å². The van der Waals surface area contributed by atoms with Crippen molar-refractivity contribution in [3.8, 4) is 0 Å². The maximum atomic E-state index is 13.5. The van der Waals surface area contributed by atoms with E-state index in [1.54, 1.807) is 15.5 Å². The second-order valence-corrected chi connectivity index (χ2v) is 10.5. The lowest BCUT2D eigenvalue weighted by atomic mass is 9.83. The lowest BCUT2D eigenvalue weighted by Gasteiger charge is -2.42. The summed E-state index contributed by atoms with van der Waals surface area (Å²) in [6, 6.07) is 12.8. The molecule has 0 aliphatic carbocycles. The third kappa shape index (κ3) is 4.63. The van der Waals surface area contributed by atoms with Gasteiger partial charge in [-0.3, -0.25) is 9.52 Å². The number of hydrogen-bond donors (Lipinski definition) is 2. The number of amides is 2. The summed E-state index contributed by atoms with van der Waals surface area (Å²) in [5, 5.41) is 2.77. The van der Waals surface area contributed by atoms with E-state index in [0.717, 1.165) is 24.2 Å². The van der Waals surface area contributed by atoms with Crippen LogP contribution in [-0.2, 0) is 16.6 Å². The van der Waals surface area contributed by atoms with Crippen molar-refractivity contribution in [3.05, 3.63) is 88.3 Å². The molecule has 2 atom stereocenters. The number of aromatic nitrogens is 1. The van der Waals surface area contributed by atoms with Crippen molar-refractivity contribution in [2.75, 3.05) is 23.1 Å². The first kappa shape index (κ1) is 23.0. The minimum atomic E-state index is -4.14. The Kier molecular flexibility index (Phi) is 5.79. The minimum absolute atomic E-state index is 0.00740. The molecule has 2 amide bonds. The molecule has 182 valence electrons. The van der Waals surface area contributed by atoms with Crippen LogP contribution in [0, 0.1) is 17.6 Å². The lowest BCUT2D eigenvalue weighted by Crippen LogP contribution is -2.50. The molecule has 5 rings (SSSR count). The number of nitrogens with one attached hydrogen (secondary N) is 2. The molecule has 35 heavy (non-hydrogen) atoms. The quantitative estimate of drug-likeness (QED) is 0.572. The Bertz CT molecular complexity index is 1460. The minimum Gasteiger partial charge on any atom is -0.324 e. The van der Waals surface area contributed by atoms with Crippen LogP contribution >= 0.6 is 0 Å². The summed E-state index contributed by atoms with van der Waals surface area (Å²) in [6.07, 6.45) is 0.800. The van der Waals surface area contributed by atoms with Crippen LogP contribution in [0.15, 0.2) is 70.4 Å². The molecular formula is C24H22F2N4O4S. The van der Waals surface area contributed by atoms with Crippen molar-refractivity contribution in [1.29, 1.82) is 0 Å². The van der Waals surface area contributed by atoms with E-state index < -0.39 is 27.2 Å². The average molecular weight is 501 g/mol. The first-order valence-corrected chi connectivity index (χ1v) is 12.5. The molecule has 1 saturated heterocycles. The standard InChI is InChI=1S/C24H22F2N4O4S/c25-17-4-6-19(7-5-17)27-24(32)29-12-15-10-16(14-29)22-9-8-21(23(31)30(22)13-15)28-35(33,34)20-3-1-2-18(26)11-20/h1-9,11,15-16,28H,10,12-14H2,(H,27,32)/t15-,16-/m1/s1. The van der Waals surface area contributed by atoms with Gasteiger partial charge in [0.05, 0.1) is 4.90 Å². The van der Waals surface area contributed by atoms with Crippen LogP contribution in [0.5, 0.6) is 0 Å². The van der Waals surface area contributed by atoms with Gasteiger partial charge in [-0.15, -0.1) is 0 Å². The highest BCUT2D eigenvalue weighted by Crippen LogP contribution is 2.35. The molecule has 2 N–H and O–H groups in total. The molecule has 2 bridgehead atoms. The summed E-state index contributed by atoms with van der Waals surface area (Å²) < 4.78 is 55.8. The van der Waals surface area contributed by atoms with Crippen molar-refractivity contribution in [3.63, 3.8) is 0 Å². The number of urea groups is 1. The fourth-order valence-corrected chi connectivity index (χ4v) is 5.85. The highest BCUT2D eigenvalue weighted by atomic mass is 32.2. The number of benzene rings is 2. The lowest BCUT2D eigenvalue weighted by molar-refractivity contribution is 0.139. The largest absolute Gasteiger partial charge is 0.324 e. The number of likely N-dealkylation sites (tertiary alicyclic amines) is 1. The molecule has 0 radical (unpaired) electrons. The molecule has 0 saturated carbocycles. The van der Waals surface area contributed by atoms with Crippen LogP contribution < -0.4 is 15.6 Å². The van der Waals surface area contributed by atoms with Crippen molar-refractivity contribution in [2.45, 2.75) is 23.8 Å². The number of halogens is 2. The van der Waals surface area contributed by atoms with E-state index in [1.807, 2.05) is 0 Å². The van der Waals surface area contributed by atoms with E-state index in [-0.39, 0.29) is 28.4 Å². The molecule has 2 aliphatic heterocycles. The zero-order chi connectivity index (χ0) is 24.7. The number of sulfonamides is 1. The Balaban J connectivity index is 1.35. The van der Waals surface area contributed by atoms with Crippen molar-refractivity contribution in [1.82, 2.24) is 9.47 Å². The van der Waals surface area contributed by atoms with Crippen LogP contribution in [0.25, 0.3) is 0 Å². The normalized spacial score (nSPS) is 19.1. The van der Waals surface area contributed by atoms with Gasteiger partial charge in [0.1, 0.15) is 17.3 Å². The maximum Gasteiger partial charge on any atom is 0.321 e. The zero-order valence-electron chi connectivity index (χ0n) is 18.4. The molecule has 3 heterocycles. The molecule has 1 aromatic heterocycles. The highest BCUT2D eigenvalue weighted by Gasteiger charge is 2.37. The molecule has 11 heteroatoms. The van der Waals surface area contributed by atoms with Gasteiger partial charge in [0.2, 0.25) is 0 Å². The third-order valence-corrected chi connectivity index (χ3v) is 7.70. The number of fused-ring (bicyclic) bond motifs is 4. The molecule has 2 aliphatic rings. The van der Waals surface area contributed by atoms with Gasteiger partial charge in [-0.25, -0.2) is 22.0 Å². The van der Waals surface area contributed by atoms with Crippen LogP contribution in [0.1, 0.15) is 18.0 Å². The predicted octanol–water partition coefficient (Wildman–Crippen LogP) is 3.58. The summed E-state index contributed by atoms with van der Waals surface area (Å²) in [6.45, 7) is 1.15. The SMILES string of the molecule is O=C(Nc1ccc(F)cc1)N1C[C@H]2C[C@H](C1)c1ccc(NS(=O)(=O)c3cccc(F)c3)c(=O)n1C2. The van der Waals surface area contributed by atoms with Crippen molar-refractivity contribution < 1.29 is 22.0 Å². The summed E-state index contributed by atoms with van der Waals surface area (Å²) in [7, 11) is -4.14. The number of pyridine rings is 1. The fraction of sp³-hybridized carbons (Fsp3) is 0.250. The maximum absolute atomic E-state index is 13.5. The zero-order valence-corrected chi connectivity index (χ0v) is 19.3. The molecule has 8 nitrogen and oxygen atoms in total. The van der Waals surface area contributed by atoms with Gasteiger partial charge < -0.3 is 14.8 Å². The number of piperidine rings is 1. The first-order chi connectivity index (χ1) is 16.7. The molecule has 3 aromatic rings. The fourth-order valence-electron chi connectivity index (χ4n) is 4.76. The monoisotopic (exact) mass is 500 g/mol. The number of nitrogens with zero attached hydrogens (tertiary/aromatic N) is 2. The molecule has 2 aromatic carbocycles. The van der Waals surface area contributed by atoms with Gasteiger partial charge in [-0.2, -0.15) is 0 Å². The van der Waals surface area contributed by atoms with Crippen LogP contribution in [0.3, 0.4) is 0 Å². The van der Waals surface area contributed by atoms with Gasteiger partial charge in [0.15, 0.2) is 0 Å². The second-order valence-electron chi connectivity index (χ2n) is 8.79. The highest BCUT2D eigenvalue weighted by molar-refractivity contribution is 7.92. The third-order valence-electron chi connectivity index (χ3n) is 6.34. The summed E-state index contributed by atoms with van der Waals surface area (Å²) >= 11 is 0. The van der Waals surface area contributed by atoms with Gasteiger partial charge in [0, 0.05) is 36.9 Å². The van der Waals surface area contributed by atoms with E-state index >= 15 is 0 Å². The topological polar surface area (TPSA) is 101 Å². The number of carbonyl (C=O) groups is 1. The molecule has 0 unspecified atom stereocenters. The van der Waals surface area contributed by atoms with Crippen molar-refractivity contribution >= 4 is 27.4 Å². The van der Waals surface area contributed by atoms with E-state index in [4.69, 9.17) is 0 Å². The Hall–Kier alpha value is -3.73. The Labute approximate surface area is 200 Å². The molecule has 1 fully saturated rings. The van der Waals surface area contributed by atoms with Gasteiger partial charge in [0.25, 0.3) is 15.6 Å². The van der Waals surface area contributed by atoms with Crippen LogP contribution in [0.2, 0.25) is 0 Å². The van der Waals surface area contributed by atoms with E-state index in [9.17, 15) is 26.8 Å². The number of anilines is 2. The summed E-state index contributed by atoms with van der Waals surface area (Å²) in [5.41, 5.74) is 0.600. The Morgan fingerprint density at radius 3 is 2.46 bits per heavy atom. The van der Waals surface area contributed by atoms with E-state index in [1.165, 1.54) is 42.5 Å². The van der Waals surface area contributed by atoms with Gasteiger partial charge in [-0.1, -0.05) is 6.07 Å². The predicted molar refractivity (Wildman–Crippen MR) is 126 cm³/mol. The Morgan fingerprint density at radius 1 is 0.943 bits per heavy atom. The molecular weight excluding hydrogens is 478 g/mol. The van der Waals surface area contributed by atoms with Gasteiger partial charge in [-0.05, 0) is 66.9 Å². The van der Waals surface area contributed by atoms with Gasteiger partial charge >= 0.3 is 6.03 Å². The average Bonchev–Trinajstić information content (AvgIpc) is 2.82. The smallest absolute Gasteiger partial charge is 0.321 e. The van der Waals surface area contributed by atoms with Crippen LogP contribution in [0.4, 0.5) is 25.0 Å². The summed E-state index contributed by atoms with van der Waals surface area (Å²) in [4.78, 5) is 27.3. The second kappa shape index (κ2) is 8.81. The van der Waals surface area contributed by atoms with Crippen molar-refractivity contribution in [2.24, 2.45) is 5.92 Å². The number of hydrogen-bond acceptors (Lipinski definition) is 4. The van der Waals surface area contributed by atoms with E-state index in [2.05, 4.69) is 10.0 Å². The molecule has 0 spiro atoms. The summed E-state index contributed by atoms with van der Waals surface area (Å²) in [5.74, 6) is -1.18. The number of rotatable bonds is 4. The first-order valence-electron chi connectivity index (χ1n) is 11.0. The van der Waals surface area contributed by atoms with Crippen LogP contribution in [-0.4, -0.2) is 37.0 Å². The number of carbonyl (C=O) groups excluding carboxylic acids is 1. The Morgan fingerprint density at radius 2 is 1.71 bits per heavy atom.